The first kappa shape index (κ1) is 16.4. The standard InChI is InChI=1S/C14H23N5O3/c1-14(22,10-5-3-2-4-6-10)9-16-13(21)11-7-19(18-17-11)8-12(15)20/h7,10,22H,2-6,8-9H2,1H3,(H2,15,20)(H,16,21). The zero-order chi connectivity index (χ0) is 16.2. The monoisotopic (exact) mass is 309 g/mol. The molecular formula is C14H23N5O3. The molecule has 22 heavy (non-hydrogen) atoms. The highest BCUT2D eigenvalue weighted by Crippen LogP contribution is 2.32. The predicted octanol–water partition coefficient (Wildman–Crippen LogP) is -0.176. The molecule has 2 amide bonds. The van der Waals surface area contributed by atoms with Crippen LogP contribution >= 0.6 is 0 Å². The molecule has 0 radical (unpaired) electrons. The summed E-state index contributed by atoms with van der Waals surface area (Å²) >= 11 is 0. The van der Waals surface area contributed by atoms with Gasteiger partial charge in [0.25, 0.3) is 5.91 Å². The maximum Gasteiger partial charge on any atom is 0.273 e. The molecular weight excluding hydrogens is 286 g/mol. The number of nitrogens with one attached hydrogen (secondary N) is 1. The van der Waals surface area contributed by atoms with E-state index < -0.39 is 17.4 Å². The van der Waals surface area contributed by atoms with Gasteiger partial charge < -0.3 is 16.2 Å². The zero-order valence-corrected chi connectivity index (χ0v) is 12.8. The minimum atomic E-state index is -0.931. The molecule has 1 aliphatic rings. The number of primary amides is 1. The Bertz CT molecular complexity index is 534. The smallest absolute Gasteiger partial charge is 0.273 e. The van der Waals surface area contributed by atoms with Gasteiger partial charge in [0.2, 0.25) is 5.91 Å². The summed E-state index contributed by atoms with van der Waals surface area (Å²) in [6.07, 6.45) is 6.78. The fourth-order valence-corrected chi connectivity index (χ4v) is 2.86. The molecule has 1 heterocycles. The van der Waals surface area contributed by atoms with Gasteiger partial charge in [-0.15, -0.1) is 5.10 Å². The molecule has 8 nitrogen and oxygen atoms in total. The first-order chi connectivity index (χ1) is 10.4. The van der Waals surface area contributed by atoms with E-state index in [1.165, 1.54) is 17.3 Å². The fourth-order valence-electron chi connectivity index (χ4n) is 2.86. The van der Waals surface area contributed by atoms with E-state index in [-0.39, 0.29) is 24.7 Å². The van der Waals surface area contributed by atoms with Crippen molar-refractivity contribution in [1.29, 1.82) is 0 Å². The lowest BCUT2D eigenvalue weighted by molar-refractivity contribution is -0.118. The minimum absolute atomic E-state index is 0.0979. The molecule has 0 saturated heterocycles. The summed E-state index contributed by atoms with van der Waals surface area (Å²) in [6, 6.07) is 0. The van der Waals surface area contributed by atoms with Crippen molar-refractivity contribution in [2.45, 2.75) is 51.2 Å². The van der Waals surface area contributed by atoms with Gasteiger partial charge >= 0.3 is 0 Å². The summed E-state index contributed by atoms with van der Waals surface area (Å²) in [5.74, 6) is -0.781. The van der Waals surface area contributed by atoms with Crippen molar-refractivity contribution in [2.24, 2.45) is 11.7 Å². The third kappa shape index (κ3) is 4.27. The van der Waals surface area contributed by atoms with Gasteiger partial charge in [0.05, 0.1) is 11.8 Å². The number of carbonyl (C=O) groups excluding carboxylic acids is 2. The number of nitrogens with zero attached hydrogens (tertiary/aromatic N) is 3. The second kappa shape index (κ2) is 6.87. The van der Waals surface area contributed by atoms with Crippen LogP contribution in [-0.4, -0.2) is 44.1 Å². The Morgan fingerprint density at radius 1 is 1.45 bits per heavy atom. The van der Waals surface area contributed by atoms with Gasteiger partial charge in [-0.25, -0.2) is 4.68 Å². The lowest BCUT2D eigenvalue weighted by Crippen LogP contribution is -2.46. The van der Waals surface area contributed by atoms with Gasteiger partial charge in [0, 0.05) is 6.54 Å². The van der Waals surface area contributed by atoms with Crippen LogP contribution in [0.4, 0.5) is 0 Å². The van der Waals surface area contributed by atoms with E-state index in [1.54, 1.807) is 6.92 Å². The fraction of sp³-hybridized carbons (Fsp3) is 0.714. The Hall–Kier alpha value is -1.96. The van der Waals surface area contributed by atoms with Crippen molar-refractivity contribution in [3.63, 3.8) is 0 Å². The maximum absolute atomic E-state index is 12.0. The Morgan fingerprint density at radius 2 is 2.14 bits per heavy atom. The molecule has 1 saturated carbocycles. The third-order valence-electron chi connectivity index (χ3n) is 4.18. The number of aliphatic hydroxyl groups is 1. The normalized spacial score (nSPS) is 18.6. The second-order valence-corrected chi connectivity index (χ2v) is 6.14. The predicted molar refractivity (Wildman–Crippen MR) is 78.7 cm³/mol. The zero-order valence-electron chi connectivity index (χ0n) is 12.8. The van der Waals surface area contributed by atoms with E-state index in [9.17, 15) is 14.7 Å². The van der Waals surface area contributed by atoms with Gasteiger partial charge in [-0.3, -0.25) is 9.59 Å². The van der Waals surface area contributed by atoms with Crippen LogP contribution in [0, 0.1) is 5.92 Å². The lowest BCUT2D eigenvalue weighted by Gasteiger charge is -2.35. The van der Waals surface area contributed by atoms with E-state index in [2.05, 4.69) is 15.6 Å². The molecule has 0 aromatic carbocycles. The summed E-state index contributed by atoms with van der Waals surface area (Å²) in [6.45, 7) is 1.80. The molecule has 2 rings (SSSR count). The topological polar surface area (TPSA) is 123 Å². The quantitative estimate of drug-likeness (QED) is 0.673. The molecule has 0 aliphatic heterocycles. The van der Waals surface area contributed by atoms with Crippen molar-refractivity contribution in [1.82, 2.24) is 20.3 Å². The van der Waals surface area contributed by atoms with E-state index in [0.29, 0.717) is 0 Å². The van der Waals surface area contributed by atoms with E-state index in [0.717, 1.165) is 25.7 Å². The highest BCUT2D eigenvalue weighted by Gasteiger charge is 2.33. The van der Waals surface area contributed by atoms with Crippen molar-refractivity contribution >= 4 is 11.8 Å². The van der Waals surface area contributed by atoms with Crippen LogP contribution in [0.3, 0.4) is 0 Å². The first-order valence-electron chi connectivity index (χ1n) is 7.57. The molecule has 122 valence electrons. The van der Waals surface area contributed by atoms with Crippen molar-refractivity contribution in [2.75, 3.05) is 6.54 Å². The van der Waals surface area contributed by atoms with E-state index in [1.807, 2.05) is 0 Å². The Labute approximate surface area is 129 Å². The van der Waals surface area contributed by atoms with Crippen molar-refractivity contribution < 1.29 is 14.7 Å². The molecule has 0 spiro atoms. The summed E-state index contributed by atoms with van der Waals surface area (Å²) < 4.78 is 1.20. The van der Waals surface area contributed by atoms with Crippen LogP contribution in [-0.2, 0) is 11.3 Å². The molecule has 1 aromatic rings. The first-order valence-corrected chi connectivity index (χ1v) is 7.57. The molecule has 1 fully saturated rings. The van der Waals surface area contributed by atoms with Crippen LogP contribution in [0.2, 0.25) is 0 Å². The van der Waals surface area contributed by atoms with Crippen molar-refractivity contribution in [3.05, 3.63) is 11.9 Å². The van der Waals surface area contributed by atoms with Gasteiger partial charge in [-0.1, -0.05) is 24.5 Å². The molecule has 1 atom stereocenters. The molecule has 0 bridgehead atoms. The number of carbonyl (C=O) groups is 2. The molecule has 4 N–H and O–H groups in total. The van der Waals surface area contributed by atoms with Gasteiger partial charge in [0.15, 0.2) is 5.69 Å². The second-order valence-electron chi connectivity index (χ2n) is 6.14. The van der Waals surface area contributed by atoms with Crippen LogP contribution in [0.1, 0.15) is 49.5 Å². The Morgan fingerprint density at radius 3 is 2.77 bits per heavy atom. The van der Waals surface area contributed by atoms with Crippen LogP contribution in [0.25, 0.3) is 0 Å². The molecule has 8 heteroatoms. The number of amides is 2. The third-order valence-corrected chi connectivity index (χ3v) is 4.18. The van der Waals surface area contributed by atoms with Gasteiger partial charge in [0.1, 0.15) is 6.54 Å². The Kier molecular flexibility index (Phi) is 5.12. The van der Waals surface area contributed by atoms with E-state index in [4.69, 9.17) is 5.73 Å². The number of aromatic nitrogens is 3. The average Bonchev–Trinajstić information content (AvgIpc) is 2.93. The largest absolute Gasteiger partial charge is 0.388 e. The Balaban J connectivity index is 1.88. The average molecular weight is 309 g/mol. The maximum atomic E-state index is 12.0. The van der Waals surface area contributed by atoms with E-state index >= 15 is 0 Å². The minimum Gasteiger partial charge on any atom is -0.388 e. The number of nitrogens with two attached hydrogens (primary N) is 1. The van der Waals surface area contributed by atoms with Gasteiger partial charge in [-0.05, 0) is 25.7 Å². The van der Waals surface area contributed by atoms with Crippen LogP contribution in [0.5, 0.6) is 0 Å². The molecule has 1 unspecified atom stereocenters. The molecule has 1 aliphatic carbocycles. The summed E-state index contributed by atoms with van der Waals surface area (Å²) in [7, 11) is 0. The lowest BCUT2D eigenvalue weighted by atomic mass is 9.78. The van der Waals surface area contributed by atoms with Crippen LogP contribution < -0.4 is 11.1 Å². The summed E-state index contributed by atoms with van der Waals surface area (Å²) in [5.41, 5.74) is 4.21. The van der Waals surface area contributed by atoms with Crippen LogP contribution in [0.15, 0.2) is 6.20 Å². The number of rotatable bonds is 6. The highest BCUT2D eigenvalue weighted by atomic mass is 16.3. The van der Waals surface area contributed by atoms with Crippen molar-refractivity contribution in [3.8, 4) is 0 Å². The number of hydrogen-bond acceptors (Lipinski definition) is 5. The summed E-state index contributed by atoms with van der Waals surface area (Å²) in [5, 5.41) is 20.6. The summed E-state index contributed by atoms with van der Waals surface area (Å²) in [4.78, 5) is 22.8. The SMILES string of the molecule is CC(O)(CNC(=O)c1cn(CC(N)=O)nn1)C1CCCCC1. The van der Waals surface area contributed by atoms with Gasteiger partial charge in [-0.2, -0.15) is 0 Å². The number of hydrogen-bond donors (Lipinski definition) is 3. The highest BCUT2D eigenvalue weighted by molar-refractivity contribution is 5.91. The molecule has 1 aromatic heterocycles.